The van der Waals surface area contributed by atoms with Crippen molar-refractivity contribution in [3.05, 3.63) is 90.1 Å². The van der Waals surface area contributed by atoms with Gasteiger partial charge in [0.15, 0.2) is 0 Å². The van der Waals surface area contributed by atoms with Gasteiger partial charge in [-0.3, -0.25) is 4.98 Å². The molecule has 0 saturated heterocycles. The lowest BCUT2D eigenvalue weighted by molar-refractivity contribution is -0.136. The van der Waals surface area contributed by atoms with Gasteiger partial charge in [0.25, 0.3) is 0 Å². The lowest BCUT2D eigenvalue weighted by atomic mass is 9.95. The number of fused-ring (bicyclic) bond motifs is 1. The van der Waals surface area contributed by atoms with E-state index in [9.17, 15) is 13.2 Å². The van der Waals surface area contributed by atoms with Crippen molar-refractivity contribution < 1.29 is 13.2 Å². The Labute approximate surface area is 186 Å². The van der Waals surface area contributed by atoms with Crippen LogP contribution in [0, 0.1) is 0 Å². The van der Waals surface area contributed by atoms with Crippen LogP contribution in [0.1, 0.15) is 43.7 Å². The normalized spacial score (nSPS) is 11.8. The molecule has 0 N–H and O–H groups in total. The quantitative estimate of drug-likeness (QED) is 0.266. The molecule has 1 nitrogen and oxygen atoms in total. The van der Waals surface area contributed by atoms with E-state index in [4.69, 9.17) is 0 Å². The number of halogens is 3. The van der Waals surface area contributed by atoms with Gasteiger partial charge in [-0.25, -0.2) is 0 Å². The third kappa shape index (κ3) is 4.85. The molecule has 0 spiro atoms. The number of rotatable bonds is 7. The van der Waals surface area contributed by atoms with E-state index in [0.29, 0.717) is 16.6 Å². The topological polar surface area (TPSA) is 12.9 Å². The summed E-state index contributed by atoms with van der Waals surface area (Å²) in [5, 5.41) is 0.671. The summed E-state index contributed by atoms with van der Waals surface area (Å²) in [6.07, 6.45) is 3.13. The minimum Gasteiger partial charge on any atom is -0.256 e. The summed E-state index contributed by atoms with van der Waals surface area (Å²) in [7, 11) is 0. The molecular formula is C28H26F3N. The minimum absolute atomic E-state index is 0.141. The molecule has 0 fully saturated rings. The van der Waals surface area contributed by atoms with Crippen LogP contribution in [0.15, 0.2) is 79.0 Å². The van der Waals surface area contributed by atoms with Gasteiger partial charge < -0.3 is 0 Å². The average molecular weight is 434 g/mol. The van der Waals surface area contributed by atoms with Crippen LogP contribution >= 0.6 is 0 Å². The molecule has 164 valence electrons. The highest BCUT2D eigenvalue weighted by Gasteiger charge is 2.33. The molecule has 4 heteroatoms. The Balaban J connectivity index is 1.68. The first-order valence-electron chi connectivity index (χ1n) is 11.1. The Morgan fingerprint density at radius 1 is 0.750 bits per heavy atom. The Kier molecular flexibility index (Phi) is 6.59. The molecule has 0 aliphatic carbocycles. The van der Waals surface area contributed by atoms with E-state index in [1.807, 2.05) is 24.3 Å². The van der Waals surface area contributed by atoms with Gasteiger partial charge in [-0.15, -0.1) is 0 Å². The van der Waals surface area contributed by atoms with Crippen molar-refractivity contribution >= 4 is 10.8 Å². The summed E-state index contributed by atoms with van der Waals surface area (Å²) in [5.74, 6) is 0. The van der Waals surface area contributed by atoms with Gasteiger partial charge in [0.2, 0.25) is 0 Å². The average Bonchev–Trinajstić information content (AvgIpc) is 2.81. The number of pyridine rings is 1. The van der Waals surface area contributed by atoms with Crippen LogP contribution < -0.4 is 0 Å². The second kappa shape index (κ2) is 9.56. The van der Waals surface area contributed by atoms with E-state index in [1.54, 1.807) is 18.3 Å². The molecule has 0 saturated carbocycles. The van der Waals surface area contributed by atoms with Crippen molar-refractivity contribution in [2.24, 2.45) is 0 Å². The molecule has 3 aromatic carbocycles. The lowest BCUT2D eigenvalue weighted by Crippen LogP contribution is -2.06. The van der Waals surface area contributed by atoms with Crippen LogP contribution in [0.3, 0.4) is 0 Å². The van der Waals surface area contributed by atoms with Crippen LogP contribution in [-0.4, -0.2) is 4.98 Å². The standard InChI is InChI=1S/C28H26F3N/c1-2-3-4-5-8-20-13-15-21(16-14-20)23-10-6-11-24(19-23)27-26-22(17-18-32-27)9-7-12-25(26)28(29,30)31/h6-7,9-19H,2-5,8H2,1H3. The van der Waals surface area contributed by atoms with Gasteiger partial charge in [-0.1, -0.05) is 80.8 Å². The Morgan fingerprint density at radius 3 is 2.25 bits per heavy atom. The van der Waals surface area contributed by atoms with Crippen LogP contribution in [0.25, 0.3) is 33.2 Å². The number of hydrogen-bond acceptors (Lipinski definition) is 1. The smallest absolute Gasteiger partial charge is 0.256 e. The number of unbranched alkanes of at least 4 members (excludes halogenated alkanes) is 3. The molecule has 1 aromatic heterocycles. The van der Waals surface area contributed by atoms with Crippen molar-refractivity contribution in [1.82, 2.24) is 4.98 Å². The largest absolute Gasteiger partial charge is 0.417 e. The van der Waals surface area contributed by atoms with Gasteiger partial charge in [0.1, 0.15) is 0 Å². The Bertz CT molecular complexity index is 1190. The van der Waals surface area contributed by atoms with Crippen molar-refractivity contribution in [3.8, 4) is 22.4 Å². The molecule has 0 unspecified atom stereocenters. The van der Waals surface area contributed by atoms with Gasteiger partial charge in [0.05, 0.1) is 11.3 Å². The zero-order valence-corrected chi connectivity index (χ0v) is 18.1. The fourth-order valence-corrected chi connectivity index (χ4v) is 4.15. The molecule has 0 amide bonds. The van der Waals surface area contributed by atoms with Crippen LogP contribution in [0.2, 0.25) is 0 Å². The third-order valence-corrected chi connectivity index (χ3v) is 5.84. The Morgan fingerprint density at radius 2 is 1.50 bits per heavy atom. The number of hydrogen-bond donors (Lipinski definition) is 0. The highest BCUT2D eigenvalue weighted by Crippen LogP contribution is 2.39. The number of alkyl halides is 3. The van der Waals surface area contributed by atoms with Crippen LogP contribution in [0.4, 0.5) is 13.2 Å². The Hall–Kier alpha value is -3.14. The fourth-order valence-electron chi connectivity index (χ4n) is 4.15. The SMILES string of the molecule is CCCCCCc1ccc(-c2cccc(-c3nccc4cccc(C(F)(F)F)c34)c2)cc1. The highest BCUT2D eigenvalue weighted by molar-refractivity contribution is 5.97. The van der Waals surface area contributed by atoms with Gasteiger partial charge in [-0.05, 0) is 53.1 Å². The fraction of sp³-hybridized carbons (Fsp3) is 0.250. The third-order valence-electron chi connectivity index (χ3n) is 5.84. The summed E-state index contributed by atoms with van der Waals surface area (Å²) in [4.78, 5) is 4.35. The van der Waals surface area contributed by atoms with Crippen molar-refractivity contribution in [1.29, 1.82) is 0 Å². The van der Waals surface area contributed by atoms with Gasteiger partial charge in [0, 0.05) is 17.1 Å². The summed E-state index contributed by atoms with van der Waals surface area (Å²) in [5.41, 5.74) is 3.68. The molecule has 0 bridgehead atoms. The van der Waals surface area contributed by atoms with E-state index in [0.717, 1.165) is 23.6 Å². The summed E-state index contributed by atoms with van der Waals surface area (Å²) in [6, 6.07) is 21.9. The monoisotopic (exact) mass is 433 g/mol. The highest BCUT2D eigenvalue weighted by atomic mass is 19.4. The lowest BCUT2D eigenvalue weighted by Gasteiger charge is -2.14. The zero-order valence-electron chi connectivity index (χ0n) is 18.1. The summed E-state index contributed by atoms with van der Waals surface area (Å²) >= 11 is 0. The van der Waals surface area contributed by atoms with Crippen molar-refractivity contribution in [2.45, 2.75) is 45.2 Å². The first kappa shape index (κ1) is 22.1. The molecule has 0 radical (unpaired) electrons. The van der Waals surface area contributed by atoms with E-state index in [2.05, 4.69) is 36.2 Å². The van der Waals surface area contributed by atoms with Gasteiger partial charge in [-0.2, -0.15) is 13.2 Å². The first-order chi connectivity index (χ1) is 15.5. The molecule has 1 heterocycles. The second-order valence-corrected chi connectivity index (χ2v) is 8.15. The van der Waals surface area contributed by atoms with E-state index in [-0.39, 0.29) is 5.39 Å². The molecule has 32 heavy (non-hydrogen) atoms. The van der Waals surface area contributed by atoms with Crippen molar-refractivity contribution in [3.63, 3.8) is 0 Å². The van der Waals surface area contributed by atoms with Crippen LogP contribution in [0.5, 0.6) is 0 Å². The molecule has 4 aromatic rings. The molecule has 0 aliphatic heterocycles. The maximum Gasteiger partial charge on any atom is 0.417 e. The summed E-state index contributed by atoms with van der Waals surface area (Å²) in [6.45, 7) is 2.21. The molecular weight excluding hydrogens is 407 g/mol. The molecule has 4 rings (SSSR count). The van der Waals surface area contributed by atoms with Gasteiger partial charge >= 0.3 is 6.18 Å². The molecule has 0 atom stereocenters. The zero-order chi connectivity index (χ0) is 22.6. The molecule has 0 aliphatic rings. The predicted octanol–water partition coefficient (Wildman–Crippen LogP) is 8.71. The number of aryl methyl sites for hydroxylation is 1. The van der Waals surface area contributed by atoms with E-state index < -0.39 is 11.7 Å². The first-order valence-corrected chi connectivity index (χ1v) is 11.1. The number of benzene rings is 3. The minimum atomic E-state index is -4.44. The van der Waals surface area contributed by atoms with Crippen molar-refractivity contribution in [2.75, 3.05) is 0 Å². The van der Waals surface area contributed by atoms with Crippen LogP contribution in [-0.2, 0) is 12.6 Å². The predicted molar refractivity (Wildman–Crippen MR) is 125 cm³/mol. The second-order valence-electron chi connectivity index (χ2n) is 8.15. The number of nitrogens with zero attached hydrogens (tertiary/aromatic N) is 1. The number of aromatic nitrogens is 1. The maximum atomic E-state index is 13.7. The maximum absolute atomic E-state index is 13.7. The van der Waals surface area contributed by atoms with E-state index >= 15 is 0 Å². The summed E-state index contributed by atoms with van der Waals surface area (Å²) < 4.78 is 41.1. The van der Waals surface area contributed by atoms with E-state index in [1.165, 1.54) is 37.3 Å².